The highest BCUT2D eigenvalue weighted by Gasteiger charge is 2.14. The van der Waals surface area contributed by atoms with Gasteiger partial charge in [0.05, 0.1) is 5.33 Å². The Kier molecular flexibility index (Phi) is 5.48. The van der Waals surface area contributed by atoms with Crippen LogP contribution < -0.4 is 5.32 Å². The Morgan fingerprint density at radius 2 is 2.14 bits per heavy atom. The first kappa shape index (κ1) is 12.0. The number of amides is 1. The van der Waals surface area contributed by atoms with Gasteiger partial charge < -0.3 is 10.2 Å². The summed E-state index contributed by atoms with van der Waals surface area (Å²) in [6.45, 7) is 6.56. The number of alkyl halides is 1. The van der Waals surface area contributed by atoms with Crippen LogP contribution in [0.4, 0.5) is 0 Å². The summed E-state index contributed by atoms with van der Waals surface area (Å²) >= 11 is 3.13. The number of carbonyl (C=O) groups is 1. The smallest absolute Gasteiger partial charge is 0.230 e. The second kappa shape index (κ2) is 6.40. The zero-order chi connectivity index (χ0) is 10.4. The largest absolute Gasteiger partial charge is 0.355 e. The number of nitrogens with one attached hydrogen (secondary N) is 1. The molecule has 1 aliphatic rings. The molecule has 1 unspecified atom stereocenters. The Morgan fingerprint density at radius 3 is 2.71 bits per heavy atom. The van der Waals surface area contributed by atoms with Crippen LogP contribution in [-0.2, 0) is 4.79 Å². The summed E-state index contributed by atoms with van der Waals surface area (Å²) in [6, 6.07) is 0. The monoisotopic (exact) mass is 262 g/mol. The molecule has 1 aliphatic heterocycles. The van der Waals surface area contributed by atoms with E-state index >= 15 is 0 Å². The Labute approximate surface area is 94.4 Å². The Morgan fingerprint density at radius 1 is 1.50 bits per heavy atom. The Balaban J connectivity index is 2.08. The van der Waals surface area contributed by atoms with Gasteiger partial charge in [-0.05, 0) is 31.8 Å². The molecule has 1 N–H and O–H groups in total. The van der Waals surface area contributed by atoms with E-state index in [1.54, 1.807) is 0 Å². The van der Waals surface area contributed by atoms with Crippen molar-refractivity contribution < 1.29 is 4.79 Å². The van der Waals surface area contributed by atoms with Crippen molar-refractivity contribution in [3.05, 3.63) is 0 Å². The van der Waals surface area contributed by atoms with Crippen LogP contribution in [0.1, 0.15) is 19.8 Å². The summed E-state index contributed by atoms with van der Waals surface area (Å²) in [6.07, 6.45) is 2.67. The van der Waals surface area contributed by atoms with E-state index in [2.05, 4.69) is 33.1 Å². The molecule has 1 rings (SSSR count). The lowest BCUT2D eigenvalue weighted by atomic mass is 10.1. The summed E-state index contributed by atoms with van der Waals surface area (Å²) in [5.41, 5.74) is 0. The molecule has 82 valence electrons. The summed E-state index contributed by atoms with van der Waals surface area (Å²) in [7, 11) is 0. The van der Waals surface area contributed by atoms with Crippen LogP contribution >= 0.6 is 15.9 Å². The number of likely N-dealkylation sites (tertiary alicyclic amines) is 1. The predicted octanol–water partition coefficient (Wildman–Crippen LogP) is 1.23. The molecule has 1 saturated heterocycles. The second-order valence-corrected chi connectivity index (χ2v) is 4.61. The van der Waals surface area contributed by atoms with Gasteiger partial charge in [-0.15, -0.1) is 0 Å². The molecule has 3 nitrogen and oxygen atoms in total. The minimum Gasteiger partial charge on any atom is -0.355 e. The first-order chi connectivity index (χ1) is 6.72. The molecule has 0 aromatic carbocycles. The van der Waals surface area contributed by atoms with Gasteiger partial charge in [-0.25, -0.2) is 0 Å². The standard InChI is InChI=1S/C10H19BrN2O/c1-9(7-12-10(14)6-11)8-13-4-2-3-5-13/h9H,2-8H2,1H3,(H,12,14). The van der Waals surface area contributed by atoms with Gasteiger partial charge in [0.25, 0.3) is 0 Å². The Hall–Kier alpha value is -0.0900. The van der Waals surface area contributed by atoms with E-state index in [4.69, 9.17) is 0 Å². The van der Waals surface area contributed by atoms with E-state index in [0.29, 0.717) is 11.2 Å². The fourth-order valence-electron chi connectivity index (χ4n) is 1.81. The first-order valence-electron chi connectivity index (χ1n) is 5.27. The summed E-state index contributed by atoms with van der Waals surface area (Å²) < 4.78 is 0. The molecule has 0 aliphatic carbocycles. The number of rotatable bonds is 5. The van der Waals surface area contributed by atoms with E-state index in [0.717, 1.165) is 13.1 Å². The fourth-order valence-corrected chi connectivity index (χ4v) is 2.00. The van der Waals surface area contributed by atoms with Gasteiger partial charge >= 0.3 is 0 Å². The van der Waals surface area contributed by atoms with Crippen LogP contribution in [0.15, 0.2) is 0 Å². The van der Waals surface area contributed by atoms with Crippen molar-refractivity contribution in [1.82, 2.24) is 10.2 Å². The molecule has 1 heterocycles. The molecule has 0 radical (unpaired) electrons. The maximum atomic E-state index is 11.0. The van der Waals surface area contributed by atoms with Crippen LogP contribution in [0, 0.1) is 5.92 Å². The molecule has 14 heavy (non-hydrogen) atoms. The molecule has 4 heteroatoms. The van der Waals surface area contributed by atoms with Crippen molar-refractivity contribution in [2.45, 2.75) is 19.8 Å². The van der Waals surface area contributed by atoms with Gasteiger partial charge in [-0.2, -0.15) is 0 Å². The number of halogens is 1. The van der Waals surface area contributed by atoms with Crippen molar-refractivity contribution in [3.63, 3.8) is 0 Å². The highest BCUT2D eigenvalue weighted by atomic mass is 79.9. The molecule has 1 atom stereocenters. The number of hydrogen-bond donors (Lipinski definition) is 1. The van der Waals surface area contributed by atoms with Gasteiger partial charge in [0, 0.05) is 13.1 Å². The third kappa shape index (κ3) is 4.42. The van der Waals surface area contributed by atoms with Crippen molar-refractivity contribution in [1.29, 1.82) is 0 Å². The molecule has 0 bridgehead atoms. The SMILES string of the molecule is CC(CNC(=O)CBr)CN1CCCC1. The molecule has 0 spiro atoms. The zero-order valence-electron chi connectivity index (χ0n) is 8.76. The molecular formula is C10H19BrN2O. The van der Waals surface area contributed by atoms with Crippen LogP contribution in [0.25, 0.3) is 0 Å². The van der Waals surface area contributed by atoms with Crippen molar-refractivity contribution in [2.75, 3.05) is 31.5 Å². The average molecular weight is 263 g/mol. The highest BCUT2D eigenvalue weighted by Crippen LogP contribution is 2.09. The summed E-state index contributed by atoms with van der Waals surface area (Å²) in [5, 5.41) is 3.30. The lowest BCUT2D eigenvalue weighted by Crippen LogP contribution is -2.34. The van der Waals surface area contributed by atoms with Gasteiger partial charge in [0.2, 0.25) is 5.91 Å². The minimum atomic E-state index is 0.0817. The van der Waals surface area contributed by atoms with Crippen LogP contribution in [0.5, 0.6) is 0 Å². The maximum Gasteiger partial charge on any atom is 0.230 e. The quantitative estimate of drug-likeness (QED) is 0.757. The van der Waals surface area contributed by atoms with E-state index in [9.17, 15) is 4.79 Å². The average Bonchev–Trinajstić information content (AvgIpc) is 2.66. The number of carbonyl (C=O) groups excluding carboxylic acids is 1. The van der Waals surface area contributed by atoms with Crippen LogP contribution in [0.3, 0.4) is 0 Å². The van der Waals surface area contributed by atoms with E-state index in [1.807, 2.05) is 0 Å². The fraction of sp³-hybridized carbons (Fsp3) is 0.900. The minimum absolute atomic E-state index is 0.0817. The third-order valence-electron chi connectivity index (χ3n) is 2.54. The molecule has 0 aromatic rings. The van der Waals surface area contributed by atoms with Crippen molar-refractivity contribution in [3.8, 4) is 0 Å². The topological polar surface area (TPSA) is 32.3 Å². The van der Waals surface area contributed by atoms with E-state index in [-0.39, 0.29) is 5.91 Å². The summed E-state index contributed by atoms with van der Waals surface area (Å²) in [4.78, 5) is 13.5. The van der Waals surface area contributed by atoms with Crippen molar-refractivity contribution in [2.24, 2.45) is 5.92 Å². The molecular weight excluding hydrogens is 244 g/mol. The van der Waals surface area contributed by atoms with Crippen LogP contribution in [-0.4, -0.2) is 42.3 Å². The molecule has 0 saturated carbocycles. The van der Waals surface area contributed by atoms with Gasteiger partial charge in [-0.3, -0.25) is 4.79 Å². The first-order valence-corrected chi connectivity index (χ1v) is 6.39. The third-order valence-corrected chi connectivity index (χ3v) is 3.05. The van der Waals surface area contributed by atoms with E-state index < -0.39 is 0 Å². The second-order valence-electron chi connectivity index (χ2n) is 4.05. The lowest BCUT2D eigenvalue weighted by Gasteiger charge is -2.20. The number of nitrogens with zero attached hydrogens (tertiary/aromatic N) is 1. The molecule has 0 aromatic heterocycles. The Bertz CT molecular complexity index is 181. The molecule has 1 fully saturated rings. The molecule has 1 amide bonds. The number of hydrogen-bond acceptors (Lipinski definition) is 2. The maximum absolute atomic E-state index is 11.0. The van der Waals surface area contributed by atoms with Crippen LogP contribution in [0.2, 0.25) is 0 Å². The van der Waals surface area contributed by atoms with Gasteiger partial charge in [-0.1, -0.05) is 22.9 Å². The van der Waals surface area contributed by atoms with E-state index in [1.165, 1.54) is 25.9 Å². The zero-order valence-corrected chi connectivity index (χ0v) is 10.3. The van der Waals surface area contributed by atoms with Gasteiger partial charge in [0.1, 0.15) is 0 Å². The van der Waals surface area contributed by atoms with Crippen molar-refractivity contribution >= 4 is 21.8 Å². The van der Waals surface area contributed by atoms with Gasteiger partial charge in [0.15, 0.2) is 0 Å². The highest BCUT2D eigenvalue weighted by molar-refractivity contribution is 9.09. The lowest BCUT2D eigenvalue weighted by molar-refractivity contribution is -0.118. The normalized spacial score (nSPS) is 19.6. The summed E-state index contributed by atoms with van der Waals surface area (Å²) in [5.74, 6) is 0.634. The predicted molar refractivity (Wildman–Crippen MR) is 61.6 cm³/mol.